The third kappa shape index (κ3) is 4.01. The van der Waals surface area contributed by atoms with E-state index in [4.69, 9.17) is 11.6 Å². The van der Waals surface area contributed by atoms with E-state index >= 15 is 0 Å². The zero-order valence-electron chi connectivity index (χ0n) is 17.2. The lowest BCUT2D eigenvalue weighted by molar-refractivity contribution is 0.296. The van der Waals surface area contributed by atoms with Gasteiger partial charge in [0.25, 0.3) is 0 Å². The van der Waals surface area contributed by atoms with E-state index in [-0.39, 0.29) is 12.6 Å². The molecule has 4 heteroatoms. The Labute approximate surface area is 182 Å². The van der Waals surface area contributed by atoms with Crippen LogP contribution in [-0.2, 0) is 12.8 Å². The van der Waals surface area contributed by atoms with E-state index in [1.165, 1.54) is 22.4 Å². The minimum Gasteiger partial charge on any atom is -0.396 e. The number of likely N-dealkylation sites (N-methyl/N-ethyl adjacent to an activating group) is 1. The molecule has 1 heterocycles. The van der Waals surface area contributed by atoms with Gasteiger partial charge in [0.05, 0.1) is 6.04 Å². The minimum absolute atomic E-state index is 0.0148. The zero-order valence-corrected chi connectivity index (χ0v) is 17.9. The minimum atomic E-state index is 0.0148. The first-order chi connectivity index (χ1) is 14.7. The number of aliphatic hydroxyl groups is 1. The summed E-state index contributed by atoms with van der Waals surface area (Å²) in [7, 11) is 1.97. The van der Waals surface area contributed by atoms with Gasteiger partial charge in [0.2, 0.25) is 0 Å². The van der Waals surface area contributed by atoms with Crippen molar-refractivity contribution in [2.75, 3.05) is 20.2 Å². The zero-order chi connectivity index (χ0) is 20.9. The van der Waals surface area contributed by atoms with Crippen molar-refractivity contribution >= 4 is 22.5 Å². The second kappa shape index (κ2) is 9.48. The Morgan fingerprint density at radius 2 is 1.53 bits per heavy atom. The number of hydrogen-bond acceptors (Lipinski definition) is 2. The molecule has 4 aromatic rings. The van der Waals surface area contributed by atoms with Crippen molar-refractivity contribution in [3.8, 4) is 0 Å². The standard InChI is InChI=1S/C26H27ClN2O/c1-28-16-14-22-23-18-21(27)12-13-24(23)29(25(22)15-17-30)26(19-8-4-2-5-9-19)20-10-6-3-7-11-20/h2-13,18,26,28,30H,14-17H2,1H3. The summed E-state index contributed by atoms with van der Waals surface area (Å²) >= 11 is 6.40. The first-order valence-corrected chi connectivity index (χ1v) is 10.8. The monoisotopic (exact) mass is 418 g/mol. The van der Waals surface area contributed by atoms with E-state index < -0.39 is 0 Å². The predicted octanol–water partition coefficient (Wildman–Crippen LogP) is 5.23. The second-order valence-electron chi connectivity index (χ2n) is 7.51. The fraction of sp³-hybridized carbons (Fsp3) is 0.231. The number of nitrogens with zero attached hydrogens (tertiary/aromatic N) is 1. The first kappa shape index (κ1) is 20.7. The molecule has 0 fully saturated rings. The number of aliphatic hydroxyl groups excluding tert-OH is 1. The maximum absolute atomic E-state index is 9.94. The fourth-order valence-corrected chi connectivity index (χ4v) is 4.54. The first-order valence-electron chi connectivity index (χ1n) is 10.4. The van der Waals surface area contributed by atoms with Gasteiger partial charge in [0.1, 0.15) is 0 Å². The summed E-state index contributed by atoms with van der Waals surface area (Å²) in [6.45, 7) is 0.971. The summed E-state index contributed by atoms with van der Waals surface area (Å²) in [4.78, 5) is 0. The van der Waals surface area contributed by atoms with Gasteiger partial charge in [-0.3, -0.25) is 0 Å². The Kier molecular flexibility index (Phi) is 6.53. The van der Waals surface area contributed by atoms with Crippen LogP contribution in [0.2, 0.25) is 5.02 Å². The van der Waals surface area contributed by atoms with Crippen LogP contribution in [-0.4, -0.2) is 29.9 Å². The number of halogens is 1. The number of hydrogen-bond donors (Lipinski definition) is 2. The molecule has 3 aromatic carbocycles. The van der Waals surface area contributed by atoms with E-state index in [1.807, 2.05) is 25.2 Å². The average molecular weight is 419 g/mol. The van der Waals surface area contributed by atoms with Crippen LogP contribution in [0.5, 0.6) is 0 Å². The number of rotatable bonds is 8. The Balaban J connectivity index is 2.04. The molecule has 0 atom stereocenters. The lowest BCUT2D eigenvalue weighted by atomic mass is 9.97. The van der Waals surface area contributed by atoms with E-state index in [1.54, 1.807) is 0 Å². The second-order valence-corrected chi connectivity index (χ2v) is 7.94. The lowest BCUT2D eigenvalue weighted by Crippen LogP contribution is -2.17. The molecule has 0 bridgehead atoms. The van der Waals surface area contributed by atoms with Crippen molar-refractivity contribution < 1.29 is 5.11 Å². The average Bonchev–Trinajstić information content (AvgIpc) is 3.06. The predicted molar refractivity (Wildman–Crippen MR) is 125 cm³/mol. The molecule has 0 saturated heterocycles. The van der Waals surface area contributed by atoms with Crippen molar-refractivity contribution in [3.05, 3.63) is 106 Å². The van der Waals surface area contributed by atoms with Gasteiger partial charge >= 0.3 is 0 Å². The van der Waals surface area contributed by atoms with Gasteiger partial charge in [0.15, 0.2) is 0 Å². The maximum atomic E-state index is 9.94. The number of nitrogens with one attached hydrogen (secondary N) is 1. The van der Waals surface area contributed by atoms with Crippen molar-refractivity contribution in [1.82, 2.24) is 9.88 Å². The van der Waals surface area contributed by atoms with Gasteiger partial charge in [-0.2, -0.15) is 0 Å². The molecule has 30 heavy (non-hydrogen) atoms. The highest BCUT2D eigenvalue weighted by Gasteiger charge is 2.25. The van der Waals surface area contributed by atoms with Crippen molar-refractivity contribution in [3.63, 3.8) is 0 Å². The smallest absolute Gasteiger partial charge is 0.0842 e. The topological polar surface area (TPSA) is 37.2 Å². The van der Waals surface area contributed by atoms with Gasteiger partial charge in [-0.1, -0.05) is 72.3 Å². The highest BCUT2D eigenvalue weighted by molar-refractivity contribution is 6.31. The highest BCUT2D eigenvalue weighted by atomic mass is 35.5. The molecule has 0 unspecified atom stereocenters. The number of aromatic nitrogens is 1. The van der Waals surface area contributed by atoms with E-state index in [0.29, 0.717) is 6.42 Å². The van der Waals surface area contributed by atoms with Gasteiger partial charge in [-0.15, -0.1) is 0 Å². The molecule has 2 N–H and O–H groups in total. The van der Waals surface area contributed by atoms with Crippen LogP contribution >= 0.6 is 11.6 Å². The van der Waals surface area contributed by atoms with Gasteiger partial charge in [-0.05, 0) is 54.9 Å². The Bertz CT molecular complexity index is 1070. The summed E-state index contributed by atoms with van der Waals surface area (Å²) in [5.74, 6) is 0. The Hall–Kier alpha value is -2.59. The van der Waals surface area contributed by atoms with E-state index in [9.17, 15) is 5.11 Å². The Morgan fingerprint density at radius 1 is 0.900 bits per heavy atom. The van der Waals surface area contributed by atoms with E-state index in [2.05, 4.69) is 70.5 Å². The third-order valence-electron chi connectivity index (χ3n) is 5.64. The van der Waals surface area contributed by atoms with Gasteiger partial charge in [-0.25, -0.2) is 0 Å². The SMILES string of the molecule is CNCCc1c(CCO)n(C(c2ccccc2)c2ccccc2)c2ccc(Cl)cc12. The van der Waals surface area contributed by atoms with Crippen LogP contribution in [0.3, 0.4) is 0 Å². The molecule has 1 aromatic heterocycles. The molecule has 0 aliphatic carbocycles. The molecule has 154 valence electrons. The summed E-state index contributed by atoms with van der Waals surface area (Å²) in [6.07, 6.45) is 1.48. The summed E-state index contributed by atoms with van der Waals surface area (Å²) < 4.78 is 2.40. The molecule has 0 radical (unpaired) electrons. The normalized spacial score (nSPS) is 11.5. The lowest BCUT2D eigenvalue weighted by Gasteiger charge is -2.24. The van der Waals surface area contributed by atoms with Gasteiger partial charge < -0.3 is 15.0 Å². The van der Waals surface area contributed by atoms with Crippen molar-refractivity contribution in [2.24, 2.45) is 0 Å². The molecule has 0 aliphatic rings. The Morgan fingerprint density at radius 3 is 2.10 bits per heavy atom. The van der Waals surface area contributed by atoms with Gasteiger partial charge in [0, 0.05) is 34.6 Å². The molecule has 0 spiro atoms. The summed E-state index contributed by atoms with van der Waals surface area (Å²) in [5, 5.41) is 15.1. The van der Waals surface area contributed by atoms with Crippen LogP contribution in [0.1, 0.15) is 28.4 Å². The van der Waals surface area contributed by atoms with Crippen molar-refractivity contribution in [1.29, 1.82) is 0 Å². The third-order valence-corrected chi connectivity index (χ3v) is 5.88. The summed E-state index contributed by atoms with van der Waals surface area (Å²) in [5.41, 5.74) is 6.01. The summed E-state index contributed by atoms with van der Waals surface area (Å²) in [6, 6.07) is 27.3. The van der Waals surface area contributed by atoms with Crippen molar-refractivity contribution in [2.45, 2.75) is 18.9 Å². The number of benzene rings is 3. The van der Waals surface area contributed by atoms with Crippen LogP contribution in [0, 0.1) is 0 Å². The van der Waals surface area contributed by atoms with Crippen LogP contribution in [0.15, 0.2) is 78.9 Å². The van der Waals surface area contributed by atoms with E-state index in [0.717, 1.165) is 28.9 Å². The number of fused-ring (bicyclic) bond motifs is 1. The fourth-order valence-electron chi connectivity index (χ4n) is 4.37. The highest BCUT2D eigenvalue weighted by Crippen LogP contribution is 2.37. The quantitative estimate of drug-likeness (QED) is 0.411. The van der Waals surface area contributed by atoms with Crippen LogP contribution < -0.4 is 5.32 Å². The molecule has 4 rings (SSSR count). The molecular weight excluding hydrogens is 392 g/mol. The largest absolute Gasteiger partial charge is 0.396 e. The molecule has 0 saturated carbocycles. The molecule has 3 nitrogen and oxygen atoms in total. The molecule has 0 aliphatic heterocycles. The molecule has 0 amide bonds. The maximum Gasteiger partial charge on any atom is 0.0842 e. The molecular formula is C26H27ClN2O. The van der Waals surface area contributed by atoms with Crippen LogP contribution in [0.25, 0.3) is 10.9 Å². The van der Waals surface area contributed by atoms with Crippen LogP contribution in [0.4, 0.5) is 0 Å².